The van der Waals surface area contributed by atoms with Gasteiger partial charge in [-0.05, 0) is 73.0 Å². The molecular formula is C27H33ClF5N. The lowest BCUT2D eigenvalue weighted by molar-refractivity contribution is -0.228. The zero-order valence-electron chi connectivity index (χ0n) is 19.7. The van der Waals surface area contributed by atoms with Crippen molar-refractivity contribution in [3.63, 3.8) is 0 Å². The number of fused-ring (bicyclic) bond motifs is 3. The Morgan fingerprint density at radius 3 is 2.15 bits per heavy atom. The Kier molecular flexibility index (Phi) is 8.03. The third kappa shape index (κ3) is 4.86. The molecule has 1 N–H and O–H groups in total. The third-order valence-electron chi connectivity index (χ3n) is 7.97. The minimum atomic E-state index is -4.97. The van der Waals surface area contributed by atoms with E-state index in [1.54, 1.807) is 18.2 Å². The molecule has 34 heavy (non-hydrogen) atoms. The van der Waals surface area contributed by atoms with E-state index in [0.717, 1.165) is 29.7 Å². The first-order valence-corrected chi connectivity index (χ1v) is 11.9. The molecule has 0 bridgehead atoms. The Morgan fingerprint density at radius 2 is 1.59 bits per heavy atom. The van der Waals surface area contributed by atoms with Gasteiger partial charge in [-0.3, -0.25) is 0 Å². The fraction of sp³-hybridized carbons (Fsp3) is 0.556. The molecule has 0 spiro atoms. The number of hydrogen-bond acceptors (Lipinski definition) is 1. The van der Waals surface area contributed by atoms with Crippen LogP contribution in [0.1, 0.15) is 68.2 Å². The number of hydrogen-bond donors (Lipinski definition) is 1. The van der Waals surface area contributed by atoms with Crippen LogP contribution < -0.4 is 5.32 Å². The van der Waals surface area contributed by atoms with Gasteiger partial charge < -0.3 is 5.32 Å². The standard InChI is InChI=1S/C23H24F5N.C4H8.ClH/c1-14-13-29-20-10-5-16-11-17(21(2,25)23(26,27)28)6-9-19(16)22(14,20)12-15-3-7-18(24)8-4-15;1-2-4-3-1;/h3-4,6-9,11,14,20,29H,5,10,12-13H2,1-2H3;1-4H2;1H/t14-,20?,21?,22?;;/m1../s1. The van der Waals surface area contributed by atoms with Crippen molar-refractivity contribution in [1.82, 2.24) is 5.32 Å². The molecule has 3 aliphatic rings. The number of alkyl halides is 4. The van der Waals surface area contributed by atoms with Gasteiger partial charge in [0.25, 0.3) is 0 Å². The second-order valence-electron chi connectivity index (χ2n) is 10.0. The summed E-state index contributed by atoms with van der Waals surface area (Å²) in [5.41, 5.74) is -1.30. The molecule has 2 aromatic carbocycles. The van der Waals surface area contributed by atoms with Crippen LogP contribution in [0.4, 0.5) is 22.0 Å². The van der Waals surface area contributed by atoms with E-state index in [4.69, 9.17) is 0 Å². The van der Waals surface area contributed by atoms with Gasteiger partial charge in [0, 0.05) is 11.5 Å². The SMILES string of the molecule is C1CCC1.C[C@@H]1CNC2CCc3cc(C(C)(F)C(F)(F)F)ccc3C21Cc1ccc(F)cc1.Cl. The van der Waals surface area contributed by atoms with Gasteiger partial charge in [0.05, 0.1) is 0 Å². The predicted molar refractivity (Wildman–Crippen MR) is 128 cm³/mol. The maximum absolute atomic E-state index is 14.6. The zero-order chi connectivity index (χ0) is 23.9. The van der Waals surface area contributed by atoms with E-state index >= 15 is 0 Å². The highest BCUT2D eigenvalue weighted by atomic mass is 35.5. The van der Waals surface area contributed by atoms with Crippen molar-refractivity contribution >= 4 is 12.4 Å². The van der Waals surface area contributed by atoms with Crippen molar-refractivity contribution in [3.05, 3.63) is 70.5 Å². The van der Waals surface area contributed by atoms with Crippen LogP contribution in [0.2, 0.25) is 0 Å². The Morgan fingerprint density at radius 1 is 0.971 bits per heavy atom. The molecule has 0 amide bonds. The summed E-state index contributed by atoms with van der Waals surface area (Å²) in [6, 6.07) is 10.9. The lowest BCUT2D eigenvalue weighted by Gasteiger charge is -2.44. The van der Waals surface area contributed by atoms with E-state index < -0.39 is 11.8 Å². The van der Waals surface area contributed by atoms with Crippen LogP contribution >= 0.6 is 12.4 Å². The number of aryl methyl sites for hydroxylation is 1. The molecule has 0 aromatic heterocycles. The maximum Gasteiger partial charge on any atom is 0.426 e. The number of nitrogens with one attached hydrogen (secondary N) is 1. The minimum Gasteiger partial charge on any atom is -0.313 e. The summed E-state index contributed by atoms with van der Waals surface area (Å²) in [7, 11) is 0. The van der Waals surface area contributed by atoms with Gasteiger partial charge in [0.2, 0.25) is 5.67 Å². The number of benzene rings is 2. The van der Waals surface area contributed by atoms with Gasteiger partial charge in [-0.1, -0.05) is 62.9 Å². The van der Waals surface area contributed by atoms with Crippen molar-refractivity contribution in [2.24, 2.45) is 5.92 Å². The van der Waals surface area contributed by atoms with Crippen LogP contribution in [0.5, 0.6) is 0 Å². The van der Waals surface area contributed by atoms with Crippen LogP contribution in [0, 0.1) is 11.7 Å². The summed E-state index contributed by atoms with van der Waals surface area (Å²) in [4.78, 5) is 0. The van der Waals surface area contributed by atoms with Crippen LogP contribution in [0.15, 0.2) is 42.5 Å². The molecule has 2 aliphatic carbocycles. The van der Waals surface area contributed by atoms with Crippen molar-refractivity contribution in [2.75, 3.05) is 6.54 Å². The molecule has 1 aliphatic heterocycles. The fourth-order valence-corrected chi connectivity index (χ4v) is 5.43. The molecule has 1 heterocycles. The summed E-state index contributed by atoms with van der Waals surface area (Å²) in [6.07, 6.45) is 3.07. The minimum absolute atomic E-state index is 0. The third-order valence-corrected chi connectivity index (χ3v) is 7.97. The van der Waals surface area contributed by atoms with Crippen LogP contribution in [-0.2, 0) is 23.9 Å². The Labute approximate surface area is 204 Å². The smallest absolute Gasteiger partial charge is 0.313 e. The van der Waals surface area contributed by atoms with Gasteiger partial charge in [-0.25, -0.2) is 8.78 Å². The number of rotatable bonds is 3. The molecule has 0 radical (unpaired) electrons. The molecule has 1 saturated heterocycles. The van der Waals surface area contributed by atoms with Crippen molar-refractivity contribution in [2.45, 2.75) is 82.1 Å². The lowest BCUT2D eigenvalue weighted by Crippen LogP contribution is -2.48. The molecule has 188 valence electrons. The van der Waals surface area contributed by atoms with Gasteiger partial charge >= 0.3 is 6.18 Å². The van der Waals surface area contributed by atoms with Gasteiger partial charge in [0.1, 0.15) is 5.82 Å². The van der Waals surface area contributed by atoms with Crippen LogP contribution in [0.3, 0.4) is 0 Å². The fourth-order valence-electron chi connectivity index (χ4n) is 5.43. The van der Waals surface area contributed by atoms with E-state index in [2.05, 4.69) is 12.2 Å². The Bertz CT molecular complexity index is 964. The highest BCUT2D eigenvalue weighted by Gasteiger charge is 2.55. The van der Waals surface area contributed by atoms with E-state index in [0.29, 0.717) is 19.8 Å². The quantitative estimate of drug-likeness (QED) is 0.427. The molecule has 1 saturated carbocycles. The average molecular weight is 502 g/mol. The van der Waals surface area contributed by atoms with Crippen molar-refractivity contribution < 1.29 is 22.0 Å². The summed E-state index contributed by atoms with van der Waals surface area (Å²) < 4.78 is 67.5. The average Bonchev–Trinajstić information content (AvgIpc) is 3.04. The number of halogens is 6. The van der Waals surface area contributed by atoms with Crippen LogP contribution in [0.25, 0.3) is 0 Å². The maximum atomic E-state index is 14.6. The molecule has 3 unspecified atom stereocenters. The zero-order valence-corrected chi connectivity index (χ0v) is 20.5. The molecule has 5 rings (SSSR count). The van der Waals surface area contributed by atoms with Gasteiger partial charge in [-0.2, -0.15) is 13.2 Å². The van der Waals surface area contributed by atoms with E-state index in [9.17, 15) is 22.0 Å². The lowest BCUT2D eigenvalue weighted by atomic mass is 9.60. The monoisotopic (exact) mass is 501 g/mol. The largest absolute Gasteiger partial charge is 0.426 e. The normalized spacial score (nSPS) is 27.1. The van der Waals surface area contributed by atoms with E-state index in [-0.39, 0.29) is 41.2 Å². The molecule has 7 heteroatoms. The highest BCUT2D eigenvalue weighted by Crippen LogP contribution is 2.50. The molecule has 2 fully saturated rings. The van der Waals surface area contributed by atoms with Gasteiger partial charge in [0.15, 0.2) is 0 Å². The first-order valence-electron chi connectivity index (χ1n) is 11.9. The second kappa shape index (κ2) is 10.1. The molecule has 2 aromatic rings. The van der Waals surface area contributed by atoms with Crippen molar-refractivity contribution in [1.29, 1.82) is 0 Å². The second-order valence-corrected chi connectivity index (χ2v) is 10.0. The Hall–Kier alpha value is -1.66. The highest BCUT2D eigenvalue weighted by molar-refractivity contribution is 5.85. The summed E-state index contributed by atoms with van der Waals surface area (Å²) in [6.45, 7) is 3.51. The molecule has 4 atom stereocenters. The molecule has 1 nitrogen and oxygen atoms in total. The topological polar surface area (TPSA) is 12.0 Å². The summed E-state index contributed by atoms with van der Waals surface area (Å²) in [5, 5.41) is 3.56. The first-order chi connectivity index (χ1) is 15.6. The van der Waals surface area contributed by atoms with E-state index in [1.807, 2.05) is 0 Å². The van der Waals surface area contributed by atoms with Crippen LogP contribution in [-0.4, -0.2) is 18.8 Å². The van der Waals surface area contributed by atoms with Gasteiger partial charge in [-0.15, -0.1) is 12.4 Å². The molecular weight excluding hydrogens is 469 g/mol. The predicted octanol–water partition coefficient (Wildman–Crippen LogP) is 7.59. The van der Waals surface area contributed by atoms with E-state index in [1.165, 1.54) is 49.9 Å². The van der Waals surface area contributed by atoms with Crippen molar-refractivity contribution in [3.8, 4) is 0 Å². The summed E-state index contributed by atoms with van der Waals surface area (Å²) >= 11 is 0. The first kappa shape index (κ1) is 26.9. The Balaban J connectivity index is 0.000000588. The summed E-state index contributed by atoms with van der Waals surface area (Å²) in [5.74, 6) is -0.0645.